The molecular formula is C28H32N2O5. The predicted molar refractivity (Wildman–Crippen MR) is 131 cm³/mol. The number of ether oxygens (including phenoxy) is 1. The van der Waals surface area contributed by atoms with Crippen LogP contribution in [-0.4, -0.2) is 53.2 Å². The minimum Gasteiger partial charge on any atom is -0.481 e. The first kappa shape index (κ1) is 23.4. The Morgan fingerprint density at radius 2 is 1.60 bits per heavy atom. The highest BCUT2D eigenvalue weighted by Gasteiger charge is 2.40. The fourth-order valence-corrected chi connectivity index (χ4v) is 6.02. The number of likely N-dealkylation sites (tertiary alicyclic amines) is 1. The number of nitrogens with one attached hydrogen (secondary N) is 1. The van der Waals surface area contributed by atoms with Crippen molar-refractivity contribution in [3.63, 3.8) is 0 Å². The molecule has 2 aliphatic carbocycles. The van der Waals surface area contributed by atoms with E-state index in [1.54, 1.807) is 4.90 Å². The van der Waals surface area contributed by atoms with Crippen LogP contribution in [0.25, 0.3) is 11.1 Å². The summed E-state index contributed by atoms with van der Waals surface area (Å²) in [5, 5.41) is 12.3. The Labute approximate surface area is 205 Å². The topological polar surface area (TPSA) is 95.9 Å². The highest BCUT2D eigenvalue weighted by molar-refractivity contribution is 5.81. The van der Waals surface area contributed by atoms with Crippen LogP contribution in [0.2, 0.25) is 0 Å². The second-order valence-electron chi connectivity index (χ2n) is 10.1. The van der Waals surface area contributed by atoms with Crippen molar-refractivity contribution in [2.45, 2.75) is 56.4 Å². The summed E-state index contributed by atoms with van der Waals surface area (Å²) in [4.78, 5) is 39.0. The van der Waals surface area contributed by atoms with Gasteiger partial charge in [-0.25, -0.2) is 4.79 Å². The van der Waals surface area contributed by atoms with E-state index < -0.39 is 23.5 Å². The summed E-state index contributed by atoms with van der Waals surface area (Å²) in [6.07, 6.45) is 4.57. The minimum atomic E-state index is -0.857. The summed E-state index contributed by atoms with van der Waals surface area (Å²) in [7, 11) is 0. The number of rotatable bonds is 6. The number of benzene rings is 2. The molecule has 7 nitrogen and oxygen atoms in total. The molecule has 2 fully saturated rings. The van der Waals surface area contributed by atoms with Gasteiger partial charge in [0.15, 0.2) is 0 Å². The van der Waals surface area contributed by atoms with E-state index in [0.29, 0.717) is 13.0 Å². The van der Waals surface area contributed by atoms with Gasteiger partial charge in [0.05, 0.1) is 17.9 Å². The van der Waals surface area contributed by atoms with Gasteiger partial charge in [-0.2, -0.15) is 0 Å². The molecule has 0 radical (unpaired) electrons. The first-order valence-electron chi connectivity index (χ1n) is 12.6. The van der Waals surface area contributed by atoms with Crippen LogP contribution in [0, 0.1) is 5.92 Å². The number of nitrogens with zero attached hydrogens (tertiary/aromatic N) is 1. The van der Waals surface area contributed by atoms with Gasteiger partial charge in [0.1, 0.15) is 6.61 Å². The Morgan fingerprint density at radius 3 is 2.20 bits per heavy atom. The number of carbonyl (C=O) groups excluding carboxylic acids is 2. The smallest absolute Gasteiger partial charge is 0.407 e. The zero-order valence-corrected chi connectivity index (χ0v) is 19.9. The third kappa shape index (κ3) is 4.77. The Balaban J connectivity index is 1.24. The SMILES string of the molecule is O=C(NC1(CC(=O)N2CCC(C(=O)O)C2)CCCCC1)OCC1c2ccccc2-c2ccccc21. The van der Waals surface area contributed by atoms with Gasteiger partial charge in [0, 0.05) is 19.0 Å². The van der Waals surface area contributed by atoms with E-state index in [-0.39, 0.29) is 31.4 Å². The van der Waals surface area contributed by atoms with Crippen molar-refractivity contribution in [2.75, 3.05) is 19.7 Å². The molecule has 2 aromatic carbocycles. The monoisotopic (exact) mass is 476 g/mol. The molecular weight excluding hydrogens is 444 g/mol. The van der Waals surface area contributed by atoms with E-state index in [0.717, 1.165) is 43.2 Å². The Bertz CT molecular complexity index is 1080. The van der Waals surface area contributed by atoms with Crippen molar-refractivity contribution < 1.29 is 24.2 Å². The molecule has 1 aliphatic heterocycles. The number of amides is 2. The summed E-state index contributed by atoms with van der Waals surface area (Å²) in [5.41, 5.74) is 4.03. The van der Waals surface area contributed by atoms with E-state index in [2.05, 4.69) is 29.6 Å². The molecule has 184 valence electrons. The summed E-state index contributed by atoms with van der Waals surface area (Å²) < 4.78 is 5.77. The number of aliphatic carboxylic acids is 1. The number of fused-ring (bicyclic) bond motifs is 3. The molecule has 1 saturated carbocycles. The standard InChI is InChI=1S/C28H32N2O5/c31-25(30-15-12-19(17-30)26(32)33)16-28(13-6-1-7-14-28)29-27(34)35-18-24-22-10-4-2-8-20(22)21-9-3-5-11-23(21)24/h2-5,8-11,19,24H,1,6-7,12-18H2,(H,29,34)(H,32,33). The van der Waals surface area contributed by atoms with Gasteiger partial charge in [-0.15, -0.1) is 0 Å². The lowest BCUT2D eigenvalue weighted by molar-refractivity contribution is -0.141. The summed E-state index contributed by atoms with van der Waals surface area (Å²) in [6.45, 7) is 0.933. The third-order valence-electron chi connectivity index (χ3n) is 7.90. The van der Waals surface area contributed by atoms with Crippen LogP contribution >= 0.6 is 0 Å². The molecule has 3 aliphatic rings. The van der Waals surface area contributed by atoms with E-state index >= 15 is 0 Å². The van der Waals surface area contributed by atoms with Gasteiger partial charge in [-0.1, -0.05) is 67.8 Å². The maximum atomic E-state index is 13.1. The van der Waals surface area contributed by atoms with Crippen LogP contribution in [0.4, 0.5) is 4.79 Å². The molecule has 1 heterocycles. The van der Waals surface area contributed by atoms with E-state index in [9.17, 15) is 19.5 Å². The van der Waals surface area contributed by atoms with Crippen molar-refractivity contribution in [3.8, 4) is 11.1 Å². The van der Waals surface area contributed by atoms with E-state index in [1.165, 1.54) is 11.1 Å². The molecule has 1 unspecified atom stereocenters. The Morgan fingerprint density at radius 1 is 0.971 bits per heavy atom. The Hall–Kier alpha value is -3.35. The number of hydrogen-bond donors (Lipinski definition) is 2. The minimum absolute atomic E-state index is 0.0189. The normalized spacial score (nSPS) is 20.7. The lowest BCUT2D eigenvalue weighted by Gasteiger charge is -2.38. The largest absolute Gasteiger partial charge is 0.481 e. The van der Waals surface area contributed by atoms with Crippen molar-refractivity contribution in [1.82, 2.24) is 10.2 Å². The molecule has 2 amide bonds. The average Bonchev–Trinajstić information content (AvgIpc) is 3.47. The maximum Gasteiger partial charge on any atom is 0.407 e. The van der Waals surface area contributed by atoms with Gasteiger partial charge in [0.2, 0.25) is 5.91 Å². The Kier molecular flexibility index (Phi) is 6.50. The maximum absolute atomic E-state index is 13.1. The zero-order valence-electron chi connectivity index (χ0n) is 19.9. The van der Waals surface area contributed by atoms with Crippen molar-refractivity contribution in [3.05, 3.63) is 59.7 Å². The van der Waals surface area contributed by atoms with Gasteiger partial charge in [-0.3, -0.25) is 9.59 Å². The summed E-state index contributed by atoms with van der Waals surface area (Å²) >= 11 is 0. The molecule has 7 heteroatoms. The van der Waals surface area contributed by atoms with Crippen molar-refractivity contribution >= 4 is 18.0 Å². The van der Waals surface area contributed by atoms with E-state index in [1.807, 2.05) is 24.3 Å². The molecule has 35 heavy (non-hydrogen) atoms. The first-order chi connectivity index (χ1) is 17.0. The molecule has 1 atom stereocenters. The lowest BCUT2D eigenvalue weighted by Crippen LogP contribution is -2.53. The van der Waals surface area contributed by atoms with Crippen LogP contribution in [0.5, 0.6) is 0 Å². The number of carbonyl (C=O) groups is 3. The highest BCUT2D eigenvalue weighted by Crippen LogP contribution is 2.44. The molecule has 5 rings (SSSR count). The van der Waals surface area contributed by atoms with Crippen LogP contribution in [0.1, 0.15) is 62.0 Å². The average molecular weight is 477 g/mol. The lowest BCUT2D eigenvalue weighted by atomic mass is 9.79. The predicted octanol–water partition coefficient (Wildman–Crippen LogP) is 4.55. The fourth-order valence-electron chi connectivity index (χ4n) is 6.02. The molecule has 0 spiro atoms. The molecule has 1 saturated heterocycles. The number of carboxylic acids is 1. The molecule has 2 N–H and O–H groups in total. The van der Waals surface area contributed by atoms with Crippen LogP contribution in [-0.2, 0) is 14.3 Å². The van der Waals surface area contributed by atoms with Crippen LogP contribution in [0.3, 0.4) is 0 Å². The fraction of sp³-hybridized carbons (Fsp3) is 0.464. The van der Waals surface area contributed by atoms with E-state index in [4.69, 9.17) is 4.74 Å². The number of carboxylic acid groups (broad SMARTS) is 1. The summed E-state index contributed by atoms with van der Waals surface area (Å²) in [6, 6.07) is 16.4. The third-order valence-corrected chi connectivity index (χ3v) is 7.90. The first-order valence-corrected chi connectivity index (χ1v) is 12.6. The number of hydrogen-bond acceptors (Lipinski definition) is 4. The van der Waals surface area contributed by atoms with Crippen molar-refractivity contribution in [2.24, 2.45) is 5.92 Å². The van der Waals surface area contributed by atoms with Crippen LogP contribution < -0.4 is 5.32 Å². The van der Waals surface area contributed by atoms with Gasteiger partial charge in [-0.05, 0) is 41.5 Å². The van der Waals surface area contributed by atoms with Gasteiger partial charge >= 0.3 is 12.1 Å². The molecule has 2 aromatic rings. The van der Waals surface area contributed by atoms with Crippen LogP contribution in [0.15, 0.2) is 48.5 Å². The quantitative estimate of drug-likeness (QED) is 0.638. The number of alkyl carbamates (subject to hydrolysis) is 1. The van der Waals surface area contributed by atoms with Crippen molar-refractivity contribution in [1.29, 1.82) is 0 Å². The second-order valence-corrected chi connectivity index (χ2v) is 10.1. The van der Waals surface area contributed by atoms with Gasteiger partial charge < -0.3 is 20.1 Å². The molecule has 0 aromatic heterocycles. The molecule has 0 bridgehead atoms. The second kappa shape index (κ2) is 9.72. The zero-order chi connectivity index (χ0) is 24.4. The summed E-state index contributed by atoms with van der Waals surface area (Å²) in [5.74, 6) is -1.47. The highest BCUT2D eigenvalue weighted by atomic mass is 16.5. The van der Waals surface area contributed by atoms with Gasteiger partial charge in [0.25, 0.3) is 0 Å².